The number of rotatable bonds is 5. The molecule has 0 aliphatic carbocycles. The van der Waals surface area contributed by atoms with E-state index in [1.807, 2.05) is 0 Å². The summed E-state index contributed by atoms with van der Waals surface area (Å²) < 4.78 is 31.5. The van der Waals surface area contributed by atoms with Crippen LogP contribution in [0.15, 0.2) is 35.0 Å². The fourth-order valence-electron chi connectivity index (χ4n) is 2.18. The lowest BCUT2D eigenvalue weighted by molar-refractivity contribution is -0.123. The fourth-order valence-corrected chi connectivity index (χ4v) is 3.70. The van der Waals surface area contributed by atoms with Gasteiger partial charge in [-0.25, -0.2) is 18.6 Å². The Hall–Kier alpha value is -2.65. The lowest BCUT2D eigenvalue weighted by atomic mass is 10.2. The van der Waals surface area contributed by atoms with Crippen LogP contribution in [0.1, 0.15) is 22.2 Å². The smallest absolute Gasteiger partial charge is 0.349 e. The summed E-state index contributed by atoms with van der Waals surface area (Å²) in [4.78, 5) is 28.9. The van der Waals surface area contributed by atoms with Crippen molar-refractivity contribution in [2.45, 2.75) is 20.0 Å². The van der Waals surface area contributed by atoms with Gasteiger partial charge in [-0.05, 0) is 49.1 Å². The molecule has 1 unspecified atom stereocenters. The maximum atomic E-state index is 13.3. The number of hydrogen-bond acceptors (Lipinski definition) is 6. The number of aromatic nitrogens is 1. The first-order valence-electron chi connectivity index (χ1n) is 7.82. The molecule has 2 heterocycles. The second-order valence-electron chi connectivity index (χ2n) is 5.64. The Bertz CT molecular complexity index is 1000. The second kappa shape index (κ2) is 7.93. The van der Waals surface area contributed by atoms with Gasteiger partial charge in [0.2, 0.25) is 0 Å². The zero-order valence-electron chi connectivity index (χ0n) is 14.3. The Morgan fingerprint density at radius 3 is 2.63 bits per heavy atom. The highest BCUT2D eigenvalue weighted by molar-refractivity contribution is 7.14. The molecule has 1 atom stereocenters. The summed E-state index contributed by atoms with van der Waals surface area (Å²) in [6, 6.07) is 5.23. The minimum atomic E-state index is -1.02. The molecule has 1 N–H and O–H groups in total. The first-order chi connectivity index (χ1) is 12.8. The van der Waals surface area contributed by atoms with Crippen molar-refractivity contribution in [3.05, 3.63) is 57.1 Å². The summed E-state index contributed by atoms with van der Waals surface area (Å²) in [5.74, 6) is -3.02. The molecule has 1 amide bonds. The third-order valence-electron chi connectivity index (χ3n) is 3.65. The topological polar surface area (TPSA) is 68.3 Å². The molecule has 2 aromatic heterocycles. The molecule has 0 radical (unpaired) electrons. The molecule has 0 saturated carbocycles. The van der Waals surface area contributed by atoms with Crippen molar-refractivity contribution in [1.82, 2.24) is 4.98 Å². The van der Waals surface area contributed by atoms with E-state index in [0.29, 0.717) is 16.1 Å². The quantitative estimate of drug-likeness (QED) is 0.625. The number of halogens is 2. The number of anilines is 1. The van der Waals surface area contributed by atoms with Gasteiger partial charge in [0.05, 0.1) is 5.69 Å². The molecule has 27 heavy (non-hydrogen) atoms. The number of nitrogens with zero attached hydrogens (tertiary/aromatic N) is 1. The van der Waals surface area contributed by atoms with Crippen LogP contribution >= 0.6 is 22.7 Å². The van der Waals surface area contributed by atoms with Gasteiger partial charge < -0.3 is 4.74 Å². The zero-order chi connectivity index (χ0) is 19.6. The maximum Gasteiger partial charge on any atom is 0.349 e. The van der Waals surface area contributed by atoms with Gasteiger partial charge in [0.1, 0.15) is 4.88 Å². The SMILES string of the molecule is Cc1ccsc1C(=O)OC(C)C(=O)Nc1nc(-c2ccc(F)c(F)c2)cs1. The van der Waals surface area contributed by atoms with Crippen molar-refractivity contribution in [1.29, 1.82) is 0 Å². The summed E-state index contributed by atoms with van der Waals surface area (Å²) in [5, 5.41) is 6.18. The number of thiophene rings is 1. The lowest BCUT2D eigenvalue weighted by Crippen LogP contribution is -2.29. The standard InChI is InChI=1S/C18H14F2N2O3S2/c1-9-5-6-26-15(9)17(24)25-10(2)16(23)22-18-21-14(8-27-18)11-3-4-12(19)13(20)7-11/h3-8,10H,1-2H3,(H,21,22,23). The number of nitrogens with one attached hydrogen (secondary N) is 1. The van der Waals surface area contributed by atoms with Crippen LogP contribution in [0.4, 0.5) is 13.9 Å². The molecule has 0 bridgehead atoms. The van der Waals surface area contributed by atoms with Crippen molar-refractivity contribution < 1.29 is 23.1 Å². The van der Waals surface area contributed by atoms with Gasteiger partial charge >= 0.3 is 5.97 Å². The van der Waals surface area contributed by atoms with Crippen molar-refractivity contribution in [2.24, 2.45) is 0 Å². The van der Waals surface area contributed by atoms with E-state index in [0.717, 1.165) is 29.0 Å². The summed E-state index contributed by atoms with van der Waals surface area (Å²) in [5.41, 5.74) is 1.57. The molecule has 5 nitrogen and oxygen atoms in total. The number of benzene rings is 1. The third-order valence-corrected chi connectivity index (χ3v) is 5.40. The van der Waals surface area contributed by atoms with Gasteiger partial charge in [0.25, 0.3) is 5.91 Å². The average Bonchev–Trinajstić information content (AvgIpc) is 3.26. The molecule has 3 rings (SSSR count). The Kier molecular flexibility index (Phi) is 5.62. The van der Waals surface area contributed by atoms with E-state index in [9.17, 15) is 18.4 Å². The monoisotopic (exact) mass is 408 g/mol. The van der Waals surface area contributed by atoms with Gasteiger partial charge in [-0.3, -0.25) is 10.1 Å². The van der Waals surface area contributed by atoms with Gasteiger partial charge in [-0.1, -0.05) is 0 Å². The van der Waals surface area contributed by atoms with E-state index < -0.39 is 29.6 Å². The van der Waals surface area contributed by atoms with E-state index in [-0.39, 0.29) is 5.13 Å². The van der Waals surface area contributed by atoms with Crippen LogP contribution in [0.5, 0.6) is 0 Å². The number of carbonyl (C=O) groups is 2. The van der Waals surface area contributed by atoms with Crippen LogP contribution in [0.2, 0.25) is 0 Å². The Labute approximate surface area is 161 Å². The van der Waals surface area contributed by atoms with Crippen molar-refractivity contribution in [3.8, 4) is 11.3 Å². The largest absolute Gasteiger partial charge is 0.448 e. The molecule has 0 aliphatic heterocycles. The van der Waals surface area contributed by atoms with E-state index in [2.05, 4.69) is 10.3 Å². The first-order valence-corrected chi connectivity index (χ1v) is 9.58. The fraction of sp³-hybridized carbons (Fsp3) is 0.167. The number of carbonyl (C=O) groups excluding carboxylic acids is 2. The number of hydrogen-bond donors (Lipinski definition) is 1. The molecular weight excluding hydrogens is 394 g/mol. The Balaban J connectivity index is 1.64. The van der Waals surface area contributed by atoms with Crippen molar-refractivity contribution >= 4 is 39.7 Å². The summed E-state index contributed by atoms with van der Waals surface area (Å²) in [6.45, 7) is 3.24. The Morgan fingerprint density at radius 2 is 1.96 bits per heavy atom. The highest BCUT2D eigenvalue weighted by atomic mass is 32.1. The van der Waals surface area contributed by atoms with Gasteiger partial charge in [-0.2, -0.15) is 0 Å². The second-order valence-corrected chi connectivity index (χ2v) is 7.41. The van der Waals surface area contributed by atoms with Crippen LogP contribution in [-0.4, -0.2) is 23.0 Å². The maximum absolute atomic E-state index is 13.3. The van der Waals surface area contributed by atoms with Crippen LogP contribution in [-0.2, 0) is 9.53 Å². The van der Waals surface area contributed by atoms with E-state index in [4.69, 9.17) is 4.74 Å². The molecule has 9 heteroatoms. The van der Waals surface area contributed by atoms with Crippen LogP contribution in [0.25, 0.3) is 11.3 Å². The van der Waals surface area contributed by atoms with Crippen molar-refractivity contribution in [3.63, 3.8) is 0 Å². The van der Waals surface area contributed by atoms with E-state index in [1.54, 1.807) is 23.8 Å². The lowest BCUT2D eigenvalue weighted by Gasteiger charge is -2.12. The molecule has 3 aromatic rings. The van der Waals surface area contributed by atoms with Gasteiger partial charge in [0.15, 0.2) is 22.9 Å². The van der Waals surface area contributed by atoms with E-state index >= 15 is 0 Å². The molecule has 1 aromatic carbocycles. The number of thiazole rings is 1. The van der Waals surface area contributed by atoms with Crippen LogP contribution in [0.3, 0.4) is 0 Å². The van der Waals surface area contributed by atoms with Crippen LogP contribution in [0, 0.1) is 18.6 Å². The third kappa shape index (κ3) is 4.37. The predicted molar refractivity (Wildman–Crippen MR) is 100 cm³/mol. The minimum absolute atomic E-state index is 0.259. The van der Waals surface area contributed by atoms with Crippen molar-refractivity contribution in [2.75, 3.05) is 5.32 Å². The number of aryl methyl sites for hydroxylation is 1. The summed E-state index contributed by atoms with van der Waals surface area (Å²) in [7, 11) is 0. The summed E-state index contributed by atoms with van der Waals surface area (Å²) >= 11 is 2.37. The highest BCUT2D eigenvalue weighted by Crippen LogP contribution is 2.26. The average molecular weight is 408 g/mol. The number of amides is 1. The molecule has 0 saturated heterocycles. The first kappa shape index (κ1) is 19.1. The molecule has 140 valence electrons. The molecule has 0 spiro atoms. The number of ether oxygens (including phenoxy) is 1. The minimum Gasteiger partial charge on any atom is -0.448 e. The zero-order valence-corrected chi connectivity index (χ0v) is 15.9. The highest BCUT2D eigenvalue weighted by Gasteiger charge is 2.22. The van der Waals surface area contributed by atoms with Gasteiger partial charge in [0, 0.05) is 10.9 Å². The van der Waals surface area contributed by atoms with E-state index in [1.165, 1.54) is 24.3 Å². The van der Waals surface area contributed by atoms with Gasteiger partial charge in [-0.15, -0.1) is 22.7 Å². The molecule has 0 aliphatic rings. The van der Waals surface area contributed by atoms with Crippen LogP contribution < -0.4 is 5.32 Å². The molecule has 0 fully saturated rings. The summed E-state index contributed by atoms with van der Waals surface area (Å²) in [6.07, 6.45) is -1.02. The number of esters is 1. The Morgan fingerprint density at radius 1 is 1.19 bits per heavy atom. The molecular formula is C18H14F2N2O3S2. The normalized spacial score (nSPS) is 11.9. The predicted octanol–water partition coefficient (Wildman–Crippen LogP) is 4.64.